The zero-order valence-electron chi connectivity index (χ0n) is 22.8. The number of hydrogen-bond acceptors (Lipinski definition) is 8. The first-order chi connectivity index (χ1) is 20.5. The Balaban J connectivity index is 1.53. The monoisotopic (exact) mass is 630 g/mol. The van der Waals surface area contributed by atoms with Gasteiger partial charge in [-0.15, -0.1) is 11.8 Å². The van der Waals surface area contributed by atoms with Gasteiger partial charge in [-0.1, -0.05) is 24.3 Å². The molecule has 2 aromatic carbocycles. The van der Waals surface area contributed by atoms with Gasteiger partial charge in [0.25, 0.3) is 0 Å². The van der Waals surface area contributed by atoms with Crippen molar-refractivity contribution in [3.05, 3.63) is 52.7 Å². The molecule has 4 aromatic rings. The van der Waals surface area contributed by atoms with Crippen LogP contribution in [-0.2, 0) is 17.5 Å². The number of rotatable bonds is 3. The molecule has 1 saturated carbocycles. The Morgan fingerprint density at radius 3 is 2.53 bits per heavy atom. The minimum absolute atomic E-state index is 0.0418. The third kappa shape index (κ3) is 4.48. The summed E-state index contributed by atoms with van der Waals surface area (Å²) in [5, 5.41) is 0.259. The quantitative estimate of drug-likeness (QED) is 0.235. The number of alkyl halides is 3. The molecule has 2 N–H and O–H groups in total. The number of benzene rings is 2. The maximum atomic E-state index is 15.1. The molecule has 2 fully saturated rings. The summed E-state index contributed by atoms with van der Waals surface area (Å²) < 4.78 is 61.6. The Bertz CT molecular complexity index is 1890. The predicted octanol–water partition coefficient (Wildman–Crippen LogP) is 5.52. The number of amides is 1. The third-order valence-corrected chi connectivity index (χ3v) is 11.1. The van der Waals surface area contributed by atoms with Gasteiger partial charge in [0.05, 0.1) is 21.3 Å². The zero-order chi connectivity index (χ0) is 30.3. The Labute approximate surface area is 251 Å². The predicted molar refractivity (Wildman–Crippen MR) is 160 cm³/mol. The van der Waals surface area contributed by atoms with E-state index in [4.69, 9.17) is 5.73 Å². The fraction of sp³-hybridized carbons (Fsp3) is 0.379. The van der Waals surface area contributed by atoms with Gasteiger partial charge in [0.1, 0.15) is 11.6 Å². The summed E-state index contributed by atoms with van der Waals surface area (Å²) in [6, 6.07) is 3.52. The highest BCUT2D eigenvalue weighted by atomic mass is 32.2. The van der Waals surface area contributed by atoms with Crippen molar-refractivity contribution in [3.63, 3.8) is 0 Å². The third-order valence-electron chi connectivity index (χ3n) is 8.78. The van der Waals surface area contributed by atoms with Gasteiger partial charge < -0.3 is 15.5 Å². The lowest BCUT2D eigenvalue weighted by atomic mass is 9.70. The minimum Gasteiger partial charge on any atom is -0.375 e. The second-order valence-electron chi connectivity index (χ2n) is 11.3. The lowest BCUT2D eigenvalue weighted by molar-refractivity contribution is -0.137. The number of nitrogens with two attached hydrogens (primary N) is 1. The highest BCUT2D eigenvalue weighted by Crippen LogP contribution is 2.54. The molecule has 1 aliphatic carbocycles. The first-order valence-corrected chi connectivity index (χ1v) is 15.6. The average molecular weight is 631 g/mol. The topological polar surface area (TPSA) is 97.4 Å². The van der Waals surface area contributed by atoms with Crippen molar-refractivity contribution in [3.8, 4) is 11.1 Å². The van der Waals surface area contributed by atoms with Gasteiger partial charge in [0, 0.05) is 59.9 Å². The Morgan fingerprint density at radius 2 is 1.88 bits per heavy atom. The maximum Gasteiger partial charge on any atom is 0.417 e. The van der Waals surface area contributed by atoms with E-state index in [1.807, 2.05) is 0 Å². The van der Waals surface area contributed by atoms with Crippen LogP contribution in [-0.4, -0.2) is 57.3 Å². The second-order valence-corrected chi connectivity index (χ2v) is 13.3. The molecule has 0 radical (unpaired) electrons. The molecule has 8 nitrogen and oxygen atoms in total. The average Bonchev–Trinajstić information content (AvgIpc) is 3.25. The number of thiazole rings is 1. The van der Waals surface area contributed by atoms with Crippen molar-refractivity contribution in [1.82, 2.24) is 19.4 Å². The molecule has 4 heterocycles. The molecule has 0 atom stereocenters. The van der Waals surface area contributed by atoms with E-state index in [0.29, 0.717) is 35.8 Å². The van der Waals surface area contributed by atoms with E-state index in [-0.39, 0.29) is 62.1 Å². The van der Waals surface area contributed by atoms with E-state index in [1.165, 1.54) is 28.5 Å². The molecule has 7 rings (SSSR count). The number of halogens is 4. The van der Waals surface area contributed by atoms with Crippen molar-refractivity contribution in [2.75, 3.05) is 42.6 Å². The smallest absolute Gasteiger partial charge is 0.375 e. The summed E-state index contributed by atoms with van der Waals surface area (Å²) in [6.45, 7) is 5.07. The fourth-order valence-electron chi connectivity index (χ4n) is 6.46. The standard InChI is InChI=1S/C29H26F4N6O2S2/c1-2-19(40)37-8-10-38(11-9-37)25-16-12-17(29(31,32)33)20(15-4-5-18(30)23-21(15)35-26(34)43-23)24-22(16)39(27(41)36-25)13-28(14-42-24)6-3-7-28/h2,4-5,12H,1,3,6-11,13-14H2,(H2,34,35). The summed E-state index contributed by atoms with van der Waals surface area (Å²) in [6.07, 6.45) is -0.886. The molecule has 2 aromatic heterocycles. The van der Waals surface area contributed by atoms with Crippen LogP contribution in [0.3, 0.4) is 0 Å². The lowest BCUT2D eigenvalue weighted by Crippen LogP contribution is -2.49. The first kappa shape index (κ1) is 28.1. The molecule has 0 bridgehead atoms. The number of piperazine rings is 1. The maximum absolute atomic E-state index is 15.1. The van der Waals surface area contributed by atoms with Gasteiger partial charge in [-0.25, -0.2) is 14.2 Å². The number of anilines is 2. The van der Waals surface area contributed by atoms with E-state index < -0.39 is 23.2 Å². The molecule has 14 heteroatoms. The van der Waals surface area contributed by atoms with Crippen molar-refractivity contribution >= 4 is 61.1 Å². The normalized spacial score (nSPS) is 18.2. The van der Waals surface area contributed by atoms with E-state index in [0.717, 1.165) is 42.7 Å². The fourth-order valence-corrected chi connectivity index (χ4v) is 8.78. The number of carbonyl (C=O) groups is 1. The van der Waals surface area contributed by atoms with Crippen LogP contribution in [0.5, 0.6) is 0 Å². The Kier molecular flexibility index (Phi) is 6.51. The highest BCUT2D eigenvalue weighted by molar-refractivity contribution is 7.99. The number of thioether (sulfide) groups is 1. The number of nitrogens with zero attached hydrogens (tertiary/aromatic N) is 5. The molecule has 2 aliphatic heterocycles. The minimum atomic E-state index is -4.80. The van der Waals surface area contributed by atoms with Gasteiger partial charge in [-0.3, -0.25) is 9.36 Å². The van der Waals surface area contributed by atoms with Crippen LogP contribution in [0.15, 0.2) is 40.5 Å². The van der Waals surface area contributed by atoms with Gasteiger partial charge in [0.15, 0.2) is 5.13 Å². The summed E-state index contributed by atoms with van der Waals surface area (Å²) in [4.78, 5) is 38.2. The van der Waals surface area contributed by atoms with Crippen molar-refractivity contribution in [2.45, 2.75) is 36.9 Å². The number of fused-ring (bicyclic) bond motifs is 1. The van der Waals surface area contributed by atoms with Gasteiger partial charge in [0.2, 0.25) is 5.91 Å². The number of carbonyl (C=O) groups excluding carboxylic acids is 1. The highest BCUT2D eigenvalue weighted by Gasteiger charge is 2.44. The van der Waals surface area contributed by atoms with Gasteiger partial charge in [-0.2, -0.15) is 18.2 Å². The largest absolute Gasteiger partial charge is 0.417 e. The molecule has 1 spiro atoms. The molecular formula is C29H26F4N6O2S2. The van der Waals surface area contributed by atoms with Crippen LogP contribution in [0, 0.1) is 11.2 Å². The summed E-state index contributed by atoms with van der Waals surface area (Å²) in [5.74, 6) is -0.168. The summed E-state index contributed by atoms with van der Waals surface area (Å²) >= 11 is 2.18. The van der Waals surface area contributed by atoms with Gasteiger partial charge in [-0.05, 0) is 42.5 Å². The SMILES string of the molecule is C=CC(=O)N1CCN(c2nc(=O)n3c4c(c(-c5ccc(F)c6sc(N)nc56)c(C(F)(F)F)cc24)SCC2(CCC2)C3)CC1. The number of hydrogen-bond donors (Lipinski definition) is 1. The summed E-state index contributed by atoms with van der Waals surface area (Å²) in [5.41, 5.74) is 4.63. The molecule has 0 unspecified atom stereocenters. The molecular weight excluding hydrogens is 604 g/mol. The van der Waals surface area contributed by atoms with E-state index in [2.05, 4.69) is 16.5 Å². The zero-order valence-corrected chi connectivity index (χ0v) is 24.5. The molecule has 224 valence electrons. The van der Waals surface area contributed by atoms with Crippen molar-refractivity contribution < 1.29 is 22.4 Å². The second kappa shape index (κ2) is 9.94. The van der Waals surface area contributed by atoms with Gasteiger partial charge >= 0.3 is 11.9 Å². The Hall–Kier alpha value is -3.65. The van der Waals surface area contributed by atoms with Crippen LogP contribution >= 0.6 is 23.1 Å². The van der Waals surface area contributed by atoms with Crippen LogP contribution in [0.1, 0.15) is 24.8 Å². The first-order valence-electron chi connectivity index (χ1n) is 13.8. The summed E-state index contributed by atoms with van der Waals surface area (Å²) in [7, 11) is 0. The van der Waals surface area contributed by atoms with Crippen LogP contribution in [0.25, 0.3) is 32.2 Å². The van der Waals surface area contributed by atoms with Crippen molar-refractivity contribution in [1.29, 1.82) is 0 Å². The van der Waals surface area contributed by atoms with Crippen LogP contribution in [0.4, 0.5) is 28.5 Å². The Morgan fingerprint density at radius 1 is 1.14 bits per heavy atom. The number of aromatic nitrogens is 3. The van der Waals surface area contributed by atoms with E-state index in [1.54, 1.807) is 9.80 Å². The molecule has 1 saturated heterocycles. The molecule has 1 amide bonds. The van der Waals surface area contributed by atoms with Crippen molar-refractivity contribution in [2.24, 2.45) is 5.41 Å². The molecule has 3 aliphatic rings. The van der Waals surface area contributed by atoms with Crippen LogP contribution < -0.4 is 16.3 Å². The van der Waals surface area contributed by atoms with Crippen LogP contribution in [0.2, 0.25) is 0 Å². The van der Waals surface area contributed by atoms with E-state index >= 15 is 13.2 Å². The van der Waals surface area contributed by atoms with E-state index in [9.17, 15) is 14.0 Å². The number of nitrogen functional groups attached to an aromatic ring is 1. The molecule has 43 heavy (non-hydrogen) atoms. The lowest BCUT2D eigenvalue weighted by Gasteiger charge is -2.41.